The Balaban J connectivity index is 1.71. The molecule has 0 aromatic heterocycles. The second-order valence-electron chi connectivity index (χ2n) is 5.78. The maximum absolute atomic E-state index is 12.7. The minimum atomic E-state index is -0.456. The third-order valence-corrected chi connectivity index (χ3v) is 4.67. The summed E-state index contributed by atoms with van der Waals surface area (Å²) in [6.07, 6.45) is 0.597. The molecule has 2 atom stereocenters. The van der Waals surface area contributed by atoms with Gasteiger partial charge in [-0.1, -0.05) is 23.7 Å². The van der Waals surface area contributed by atoms with E-state index < -0.39 is 6.04 Å². The molecule has 0 unspecified atom stereocenters. The number of benzene rings is 1. The number of halogens is 1. The molecule has 23 heavy (non-hydrogen) atoms. The van der Waals surface area contributed by atoms with Crippen LogP contribution < -0.4 is 10.2 Å². The average molecular weight is 338 g/mol. The normalized spacial score (nSPS) is 24.8. The van der Waals surface area contributed by atoms with Gasteiger partial charge in [-0.25, -0.2) is 0 Å². The van der Waals surface area contributed by atoms with E-state index in [2.05, 4.69) is 5.32 Å². The minimum Gasteiger partial charge on any atom is -0.378 e. The van der Waals surface area contributed by atoms with Crippen LogP contribution in [0.1, 0.15) is 6.42 Å². The molecule has 3 rings (SSSR count). The number of anilines is 1. The van der Waals surface area contributed by atoms with E-state index in [-0.39, 0.29) is 17.9 Å². The Hall–Kier alpha value is -1.63. The fraction of sp³-hybridized carbons (Fsp3) is 0.500. The second-order valence-corrected chi connectivity index (χ2v) is 6.18. The van der Waals surface area contributed by atoms with E-state index >= 15 is 0 Å². The SMILES string of the molecule is CN(C(=O)[C@@H]1COCCN1)[C@H]1CCN(c2ccccc2Cl)C1=O. The molecule has 6 nitrogen and oxygen atoms in total. The van der Waals surface area contributed by atoms with E-state index in [1.807, 2.05) is 18.2 Å². The first kappa shape index (κ1) is 16.2. The van der Waals surface area contributed by atoms with E-state index in [1.54, 1.807) is 18.0 Å². The number of hydrogen-bond acceptors (Lipinski definition) is 4. The van der Waals surface area contributed by atoms with Crippen LogP contribution in [0.5, 0.6) is 0 Å². The van der Waals surface area contributed by atoms with E-state index in [1.165, 1.54) is 4.90 Å². The number of hydrogen-bond donors (Lipinski definition) is 1. The van der Waals surface area contributed by atoms with Gasteiger partial charge >= 0.3 is 0 Å². The molecule has 2 heterocycles. The molecule has 2 saturated heterocycles. The summed E-state index contributed by atoms with van der Waals surface area (Å²) in [6, 6.07) is 6.42. The first-order valence-corrected chi connectivity index (χ1v) is 8.11. The summed E-state index contributed by atoms with van der Waals surface area (Å²) in [6.45, 7) is 2.16. The van der Waals surface area contributed by atoms with Crippen LogP contribution >= 0.6 is 11.6 Å². The third-order valence-electron chi connectivity index (χ3n) is 4.36. The standard InChI is InChI=1S/C16H20ClN3O3/c1-19(15(21)12-10-23-9-7-18-12)14-6-8-20(16(14)22)13-5-3-2-4-11(13)17/h2-5,12,14,18H,6-10H2,1H3/t12-,14-/m0/s1. The van der Waals surface area contributed by atoms with E-state index in [9.17, 15) is 9.59 Å². The molecule has 2 fully saturated rings. The molecule has 0 radical (unpaired) electrons. The van der Waals surface area contributed by atoms with Gasteiger partial charge in [0.2, 0.25) is 11.8 Å². The lowest BCUT2D eigenvalue weighted by Crippen LogP contribution is -2.55. The number of para-hydroxylation sites is 1. The van der Waals surface area contributed by atoms with Gasteiger partial charge in [0.15, 0.2) is 0 Å². The molecule has 2 aliphatic rings. The summed E-state index contributed by atoms with van der Waals surface area (Å²) >= 11 is 6.18. The first-order valence-electron chi connectivity index (χ1n) is 7.73. The van der Waals surface area contributed by atoms with Gasteiger partial charge in [0, 0.05) is 20.1 Å². The van der Waals surface area contributed by atoms with Crippen molar-refractivity contribution in [3.8, 4) is 0 Å². The highest BCUT2D eigenvalue weighted by Gasteiger charge is 2.39. The van der Waals surface area contributed by atoms with Crippen molar-refractivity contribution in [1.82, 2.24) is 10.2 Å². The van der Waals surface area contributed by atoms with Crippen molar-refractivity contribution in [2.45, 2.75) is 18.5 Å². The van der Waals surface area contributed by atoms with Gasteiger partial charge in [-0.05, 0) is 18.6 Å². The van der Waals surface area contributed by atoms with Crippen LogP contribution in [0.4, 0.5) is 5.69 Å². The Bertz CT molecular complexity index is 604. The van der Waals surface area contributed by atoms with Crippen LogP contribution in [0.25, 0.3) is 0 Å². The van der Waals surface area contributed by atoms with Gasteiger partial charge in [0.1, 0.15) is 12.1 Å². The Morgan fingerprint density at radius 1 is 1.43 bits per heavy atom. The van der Waals surface area contributed by atoms with Crippen LogP contribution in [0.2, 0.25) is 5.02 Å². The number of rotatable bonds is 3. The van der Waals surface area contributed by atoms with E-state index in [0.717, 1.165) is 0 Å². The Kier molecular flexibility index (Phi) is 4.84. The van der Waals surface area contributed by atoms with Gasteiger partial charge in [-0.2, -0.15) is 0 Å². The third kappa shape index (κ3) is 3.20. The van der Waals surface area contributed by atoms with E-state index in [4.69, 9.17) is 16.3 Å². The summed E-state index contributed by atoms with van der Waals surface area (Å²) in [5.74, 6) is -0.199. The number of carbonyl (C=O) groups excluding carboxylic acids is 2. The number of nitrogens with zero attached hydrogens (tertiary/aromatic N) is 2. The van der Waals surface area contributed by atoms with Crippen LogP contribution in [0, 0.1) is 0 Å². The lowest BCUT2D eigenvalue weighted by molar-refractivity contribution is -0.140. The highest BCUT2D eigenvalue weighted by atomic mass is 35.5. The summed E-state index contributed by atoms with van der Waals surface area (Å²) in [5, 5.41) is 3.67. The average Bonchev–Trinajstić information content (AvgIpc) is 2.96. The molecular weight excluding hydrogens is 318 g/mol. The van der Waals surface area contributed by atoms with Crippen LogP contribution in [-0.4, -0.2) is 62.1 Å². The zero-order valence-electron chi connectivity index (χ0n) is 13.0. The minimum absolute atomic E-state index is 0.0920. The summed E-state index contributed by atoms with van der Waals surface area (Å²) in [4.78, 5) is 28.4. The topological polar surface area (TPSA) is 61.9 Å². The fourth-order valence-corrected chi connectivity index (χ4v) is 3.30. The van der Waals surface area contributed by atoms with Gasteiger partial charge in [-0.15, -0.1) is 0 Å². The number of nitrogens with one attached hydrogen (secondary N) is 1. The maximum Gasteiger partial charge on any atom is 0.249 e. The van der Waals surface area contributed by atoms with Crippen LogP contribution in [0.15, 0.2) is 24.3 Å². The summed E-state index contributed by atoms with van der Waals surface area (Å²) in [5.41, 5.74) is 0.696. The molecule has 0 bridgehead atoms. The molecule has 7 heteroatoms. The van der Waals surface area contributed by atoms with Crippen molar-refractivity contribution >= 4 is 29.1 Å². The van der Waals surface area contributed by atoms with Crippen molar-refractivity contribution in [1.29, 1.82) is 0 Å². The molecule has 0 aliphatic carbocycles. The Labute approximate surface area is 140 Å². The first-order chi connectivity index (χ1) is 11.1. The highest BCUT2D eigenvalue weighted by molar-refractivity contribution is 6.34. The van der Waals surface area contributed by atoms with Crippen LogP contribution in [0.3, 0.4) is 0 Å². The van der Waals surface area contributed by atoms with E-state index in [0.29, 0.717) is 43.4 Å². The lowest BCUT2D eigenvalue weighted by Gasteiger charge is -2.30. The molecular formula is C16H20ClN3O3. The number of carbonyl (C=O) groups is 2. The predicted molar refractivity (Wildman–Crippen MR) is 87.6 cm³/mol. The van der Waals surface area contributed by atoms with Gasteiger partial charge < -0.3 is 19.9 Å². The number of ether oxygens (including phenoxy) is 1. The summed E-state index contributed by atoms with van der Waals surface area (Å²) in [7, 11) is 1.68. The molecule has 124 valence electrons. The Morgan fingerprint density at radius 2 is 2.22 bits per heavy atom. The maximum atomic E-state index is 12.7. The molecule has 2 aliphatic heterocycles. The number of likely N-dealkylation sites (N-methyl/N-ethyl adjacent to an activating group) is 1. The molecule has 0 spiro atoms. The second kappa shape index (κ2) is 6.86. The smallest absolute Gasteiger partial charge is 0.249 e. The molecule has 2 amide bonds. The monoisotopic (exact) mass is 337 g/mol. The largest absolute Gasteiger partial charge is 0.378 e. The van der Waals surface area contributed by atoms with Gasteiger partial charge in [0.25, 0.3) is 0 Å². The fourth-order valence-electron chi connectivity index (χ4n) is 3.06. The quantitative estimate of drug-likeness (QED) is 0.890. The lowest BCUT2D eigenvalue weighted by atomic mass is 10.1. The van der Waals surface area contributed by atoms with Gasteiger partial charge in [0.05, 0.1) is 23.9 Å². The van der Waals surface area contributed by atoms with Crippen molar-refractivity contribution in [3.05, 3.63) is 29.3 Å². The molecule has 1 aromatic carbocycles. The number of amides is 2. The molecule has 0 saturated carbocycles. The zero-order valence-corrected chi connectivity index (χ0v) is 13.8. The Morgan fingerprint density at radius 3 is 2.91 bits per heavy atom. The number of morpholine rings is 1. The predicted octanol–water partition coefficient (Wildman–Crippen LogP) is 0.892. The van der Waals surface area contributed by atoms with Crippen LogP contribution in [-0.2, 0) is 14.3 Å². The highest BCUT2D eigenvalue weighted by Crippen LogP contribution is 2.30. The van der Waals surface area contributed by atoms with Crippen molar-refractivity contribution < 1.29 is 14.3 Å². The van der Waals surface area contributed by atoms with Crippen molar-refractivity contribution in [3.63, 3.8) is 0 Å². The van der Waals surface area contributed by atoms with Crippen molar-refractivity contribution in [2.75, 3.05) is 38.3 Å². The molecule has 1 aromatic rings. The molecule has 1 N–H and O–H groups in total. The summed E-state index contributed by atoms with van der Waals surface area (Å²) < 4.78 is 5.33. The van der Waals surface area contributed by atoms with Crippen molar-refractivity contribution in [2.24, 2.45) is 0 Å². The van der Waals surface area contributed by atoms with Gasteiger partial charge in [-0.3, -0.25) is 9.59 Å². The zero-order chi connectivity index (χ0) is 16.4.